The van der Waals surface area contributed by atoms with E-state index in [0.717, 1.165) is 0 Å². The lowest BCUT2D eigenvalue weighted by Gasteiger charge is -1.95. The van der Waals surface area contributed by atoms with E-state index in [1.54, 1.807) is 19.2 Å². The Balaban J connectivity index is 3.05. The highest BCUT2D eigenvalue weighted by Gasteiger charge is 1.97. The van der Waals surface area contributed by atoms with Gasteiger partial charge in [0, 0.05) is 7.05 Å². The van der Waals surface area contributed by atoms with Crippen molar-refractivity contribution >= 4 is 17.3 Å². The molecule has 0 aromatic heterocycles. The Bertz CT molecular complexity index is 286. The van der Waals surface area contributed by atoms with Gasteiger partial charge in [0.15, 0.2) is 0 Å². The van der Waals surface area contributed by atoms with Crippen LogP contribution in [-0.2, 0) is 0 Å². The minimum atomic E-state index is 0.0571. The van der Waals surface area contributed by atoms with Crippen LogP contribution < -0.4 is 0 Å². The number of nitrogens with zero attached hydrogens (tertiary/aromatic N) is 2. The predicted octanol–water partition coefficient (Wildman–Crippen LogP) is 2.76. The van der Waals surface area contributed by atoms with Gasteiger partial charge in [0.05, 0.1) is 10.7 Å². The van der Waals surface area contributed by atoms with E-state index in [-0.39, 0.29) is 10.8 Å². The molecule has 0 fully saturated rings. The lowest BCUT2D eigenvalue weighted by atomic mass is 10.3. The van der Waals surface area contributed by atoms with Gasteiger partial charge in [-0.15, -0.1) is 0 Å². The first-order valence-electron chi connectivity index (χ1n) is 3.02. The summed E-state index contributed by atoms with van der Waals surface area (Å²) in [5.41, 5.74) is 0.635. The first kappa shape index (κ1) is 8.01. The van der Waals surface area contributed by atoms with E-state index >= 15 is 0 Å². The van der Waals surface area contributed by atoms with Gasteiger partial charge in [0.1, 0.15) is 5.75 Å². The van der Waals surface area contributed by atoms with Crippen LogP contribution in [0.25, 0.3) is 0 Å². The van der Waals surface area contributed by atoms with Gasteiger partial charge in [0.2, 0.25) is 0 Å². The van der Waals surface area contributed by atoms with Crippen molar-refractivity contribution in [3.63, 3.8) is 0 Å². The van der Waals surface area contributed by atoms with Crippen LogP contribution in [0.15, 0.2) is 28.4 Å². The smallest absolute Gasteiger partial charge is 0.134 e. The molecule has 0 heterocycles. The molecule has 0 saturated heterocycles. The predicted molar refractivity (Wildman–Crippen MR) is 43.6 cm³/mol. The molecule has 0 bridgehead atoms. The summed E-state index contributed by atoms with van der Waals surface area (Å²) in [7, 11) is 1.57. The maximum Gasteiger partial charge on any atom is 0.134 e. The number of phenolic OH excluding ortho intramolecular Hbond substituents is 1. The van der Waals surface area contributed by atoms with Crippen molar-refractivity contribution in [2.24, 2.45) is 10.2 Å². The summed E-state index contributed by atoms with van der Waals surface area (Å²) in [5.74, 6) is 0.0571. The maximum atomic E-state index is 9.01. The van der Waals surface area contributed by atoms with E-state index in [4.69, 9.17) is 16.7 Å². The third kappa shape index (κ3) is 1.91. The molecule has 1 aromatic carbocycles. The molecule has 0 aliphatic carbocycles. The molecule has 0 saturated carbocycles. The molecule has 0 atom stereocenters. The third-order valence-electron chi connectivity index (χ3n) is 1.15. The van der Waals surface area contributed by atoms with E-state index in [1.165, 1.54) is 6.07 Å². The van der Waals surface area contributed by atoms with Crippen LogP contribution in [-0.4, -0.2) is 12.2 Å². The van der Waals surface area contributed by atoms with E-state index in [1.807, 2.05) is 0 Å². The number of halogens is 1. The summed E-state index contributed by atoms with van der Waals surface area (Å²) in [4.78, 5) is 0. The Labute approximate surface area is 69.3 Å². The second-order valence-electron chi connectivity index (χ2n) is 1.94. The van der Waals surface area contributed by atoms with Gasteiger partial charge in [-0.25, -0.2) is 0 Å². The van der Waals surface area contributed by atoms with Gasteiger partial charge in [-0.05, 0) is 18.2 Å². The molecule has 11 heavy (non-hydrogen) atoms. The van der Waals surface area contributed by atoms with Gasteiger partial charge < -0.3 is 5.11 Å². The molecule has 58 valence electrons. The average molecular weight is 171 g/mol. The number of azo groups is 1. The minimum Gasteiger partial charge on any atom is -0.506 e. The topological polar surface area (TPSA) is 45.0 Å². The average Bonchev–Trinajstić information content (AvgIpc) is 1.98. The quantitative estimate of drug-likeness (QED) is 0.648. The SMILES string of the molecule is CN=Nc1ccc(O)c(Cl)c1. The van der Waals surface area contributed by atoms with Gasteiger partial charge in [-0.2, -0.15) is 10.2 Å². The van der Waals surface area contributed by atoms with Crippen molar-refractivity contribution in [3.8, 4) is 5.75 Å². The van der Waals surface area contributed by atoms with E-state index in [0.29, 0.717) is 5.69 Å². The lowest BCUT2D eigenvalue weighted by Crippen LogP contribution is -1.67. The van der Waals surface area contributed by atoms with Crippen LogP contribution in [0.2, 0.25) is 5.02 Å². The van der Waals surface area contributed by atoms with Crippen LogP contribution in [0.3, 0.4) is 0 Å². The summed E-state index contributed by atoms with van der Waals surface area (Å²) in [6.07, 6.45) is 0. The second-order valence-corrected chi connectivity index (χ2v) is 2.34. The summed E-state index contributed by atoms with van der Waals surface area (Å²) in [5, 5.41) is 16.6. The Hall–Kier alpha value is -1.09. The number of rotatable bonds is 1. The van der Waals surface area contributed by atoms with Crippen molar-refractivity contribution < 1.29 is 5.11 Å². The molecule has 1 rings (SSSR count). The third-order valence-corrected chi connectivity index (χ3v) is 1.45. The first-order valence-corrected chi connectivity index (χ1v) is 3.40. The molecule has 0 aliphatic rings. The van der Waals surface area contributed by atoms with Crippen LogP contribution in [0.4, 0.5) is 5.69 Å². The van der Waals surface area contributed by atoms with Gasteiger partial charge in [-0.1, -0.05) is 11.6 Å². The van der Waals surface area contributed by atoms with E-state index in [2.05, 4.69) is 10.2 Å². The van der Waals surface area contributed by atoms with Crippen LogP contribution in [0, 0.1) is 0 Å². The van der Waals surface area contributed by atoms with Gasteiger partial charge in [0.25, 0.3) is 0 Å². The Morgan fingerprint density at radius 1 is 1.45 bits per heavy atom. The van der Waals surface area contributed by atoms with Crippen LogP contribution >= 0.6 is 11.6 Å². The summed E-state index contributed by atoms with van der Waals surface area (Å²) >= 11 is 5.60. The fourth-order valence-corrected chi connectivity index (χ4v) is 0.848. The molecule has 1 N–H and O–H groups in total. The monoisotopic (exact) mass is 170 g/mol. The zero-order valence-electron chi connectivity index (χ0n) is 5.95. The molecule has 1 aromatic rings. The van der Waals surface area contributed by atoms with Gasteiger partial charge >= 0.3 is 0 Å². The highest BCUT2D eigenvalue weighted by molar-refractivity contribution is 6.32. The fraction of sp³-hybridized carbons (Fsp3) is 0.143. The van der Waals surface area contributed by atoms with Crippen molar-refractivity contribution in [2.45, 2.75) is 0 Å². The van der Waals surface area contributed by atoms with E-state index in [9.17, 15) is 0 Å². The Morgan fingerprint density at radius 2 is 2.18 bits per heavy atom. The van der Waals surface area contributed by atoms with E-state index < -0.39 is 0 Å². The Morgan fingerprint density at radius 3 is 2.73 bits per heavy atom. The normalized spacial score (nSPS) is 10.7. The molecule has 0 unspecified atom stereocenters. The van der Waals surface area contributed by atoms with Crippen molar-refractivity contribution in [3.05, 3.63) is 23.2 Å². The first-order chi connectivity index (χ1) is 5.24. The van der Waals surface area contributed by atoms with Crippen molar-refractivity contribution in [1.29, 1.82) is 0 Å². The zero-order chi connectivity index (χ0) is 8.27. The lowest BCUT2D eigenvalue weighted by molar-refractivity contribution is 0.475. The molecule has 4 heteroatoms. The molecule has 0 aliphatic heterocycles. The summed E-state index contributed by atoms with van der Waals surface area (Å²) in [6, 6.07) is 4.66. The maximum absolute atomic E-state index is 9.01. The summed E-state index contributed by atoms with van der Waals surface area (Å²) in [6.45, 7) is 0. The summed E-state index contributed by atoms with van der Waals surface area (Å²) < 4.78 is 0. The second kappa shape index (κ2) is 3.34. The standard InChI is InChI=1S/C7H7ClN2O/c1-9-10-5-2-3-7(11)6(8)4-5/h2-4,11H,1H3. The molecular weight excluding hydrogens is 164 g/mol. The fourth-order valence-electron chi connectivity index (χ4n) is 0.673. The minimum absolute atomic E-state index is 0.0571. The van der Waals surface area contributed by atoms with Gasteiger partial charge in [-0.3, -0.25) is 0 Å². The van der Waals surface area contributed by atoms with Crippen molar-refractivity contribution in [2.75, 3.05) is 7.05 Å². The van der Waals surface area contributed by atoms with Crippen molar-refractivity contribution in [1.82, 2.24) is 0 Å². The largest absolute Gasteiger partial charge is 0.506 e. The molecule has 0 radical (unpaired) electrons. The van der Waals surface area contributed by atoms with Crippen LogP contribution in [0.5, 0.6) is 5.75 Å². The number of aromatic hydroxyl groups is 1. The number of phenols is 1. The zero-order valence-corrected chi connectivity index (χ0v) is 6.71. The number of hydrogen-bond donors (Lipinski definition) is 1. The number of benzene rings is 1. The molecule has 3 nitrogen and oxygen atoms in total. The molecular formula is C7H7ClN2O. The van der Waals surface area contributed by atoms with Crippen LogP contribution in [0.1, 0.15) is 0 Å². The highest BCUT2D eigenvalue weighted by Crippen LogP contribution is 2.27. The molecule has 0 spiro atoms. The number of hydrogen-bond acceptors (Lipinski definition) is 3. The molecule has 0 amide bonds. The Kier molecular flexibility index (Phi) is 2.44. The highest BCUT2D eigenvalue weighted by atomic mass is 35.5.